The van der Waals surface area contributed by atoms with Crippen LogP contribution in [0.4, 0.5) is 5.13 Å². The third kappa shape index (κ3) is 3.56. The first kappa shape index (κ1) is 17.6. The zero-order valence-electron chi connectivity index (χ0n) is 14.6. The summed E-state index contributed by atoms with van der Waals surface area (Å²) in [6, 6.07) is 14.2. The van der Waals surface area contributed by atoms with Crippen LogP contribution in [0.1, 0.15) is 10.6 Å². The number of hydrogen-bond acceptors (Lipinski definition) is 6. The molecule has 1 aliphatic rings. The molecule has 1 fully saturated rings. The number of nitrogens with zero attached hydrogens (tertiary/aromatic N) is 4. The van der Waals surface area contributed by atoms with Gasteiger partial charge in [0.05, 0.1) is 4.91 Å². The van der Waals surface area contributed by atoms with Crippen LogP contribution in [0.2, 0.25) is 0 Å². The second kappa shape index (κ2) is 7.46. The van der Waals surface area contributed by atoms with Crippen LogP contribution < -0.4 is 0 Å². The Labute approximate surface area is 165 Å². The van der Waals surface area contributed by atoms with Crippen molar-refractivity contribution in [2.75, 3.05) is 6.54 Å². The number of amides is 1. The lowest BCUT2D eigenvalue weighted by Gasteiger charge is -2.11. The molecule has 0 bridgehead atoms. The first-order valence-electron chi connectivity index (χ1n) is 8.34. The Hall–Kier alpha value is -2.77. The van der Waals surface area contributed by atoms with Crippen LogP contribution in [0, 0.1) is 6.92 Å². The Morgan fingerprint density at radius 3 is 2.78 bits per heavy atom. The molecular weight excluding hydrogens is 376 g/mol. The van der Waals surface area contributed by atoms with Crippen molar-refractivity contribution in [2.24, 2.45) is 4.99 Å². The molecule has 0 aliphatic carbocycles. The minimum absolute atomic E-state index is 0.0761. The van der Waals surface area contributed by atoms with E-state index in [9.17, 15) is 4.79 Å². The van der Waals surface area contributed by atoms with Gasteiger partial charge in [0, 0.05) is 6.54 Å². The maximum absolute atomic E-state index is 12.9. The van der Waals surface area contributed by atoms with E-state index in [1.807, 2.05) is 37.3 Å². The van der Waals surface area contributed by atoms with Crippen molar-refractivity contribution in [3.63, 3.8) is 0 Å². The summed E-state index contributed by atoms with van der Waals surface area (Å²) in [5.74, 6) is -0.0761. The van der Waals surface area contributed by atoms with Crippen LogP contribution in [0.3, 0.4) is 0 Å². The monoisotopic (exact) mass is 392 g/mol. The van der Waals surface area contributed by atoms with Gasteiger partial charge in [-0.3, -0.25) is 9.69 Å². The Morgan fingerprint density at radius 1 is 1.19 bits per heavy atom. The van der Waals surface area contributed by atoms with Gasteiger partial charge in [0.25, 0.3) is 5.91 Å². The quantitative estimate of drug-likeness (QED) is 0.473. The molecule has 27 heavy (non-hydrogen) atoms. The van der Waals surface area contributed by atoms with Gasteiger partial charge in [-0.15, -0.1) is 16.8 Å². The van der Waals surface area contributed by atoms with Gasteiger partial charge in [-0.2, -0.15) is 4.99 Å². The third-order valence-corrected chi connectivity index (χ3v) is 5.76. The van der Waals surface area contributed by atoms with Gasteiger partial charge in [0.1, 0.15) is 5.01 Å². The SMILES string of the molecule is C=CCN1C(=O)/C(=C/c2cccc3ccccc23)S/C1=N/c1nnc(C)s1. The summed E-state index contributed by atoms with van der Waals surface area (Å²) in [7, 11) is 0. The minimum atomic E-state index is -0.0761. The molecular formula is C20H16N4OS2. The molecule has 5 nitrogen and oxygen atoms in total. The van der Waals surface area contributed by atoms with Gasteiger partial charge in [-0.25, -0.2) is 0 Å². The number of benzene rings is 2. The predicted octanol–water partition coefficient (Wildman–Crippen LogP) is 4.79. The first-order chi connectivity index (χ1) is 13.2. The fraction of sp³-hybridized carbons (Fsp3) is 0.100. The fourth-order valence-electron chi connectivity index (χ4n) is 2.81. The molecule has 2 heterocycles. The predicted molar refractivity (Wildman–Crippen MR) is 113 cm³/mol. The highest BCUT2D eigenvalue weighted by Gasteiger charge is 2.33. The molecule has 2 aromatic carbocycles. The largest absolute Gasteiger partial charge is 0.282 e. The molecule has 1 amide bonds. The van der Waals surface area contributed by atoms with E-state index >= 15 is 0 Å². The number of aromatic nitrogens is 2. The second-order valence-corrected chi connectivity index (χ2v) is 8.05. The smallest absolute Gasteiger partial charge is 0.267 e. The number of hydrogen-bond donors (Lipinski definition) is 0. The van der Waals surface area contributed by atoms with E-state index in [4.69, 9.17) is 0 Å². The molecule has 0 radical (unpaired) electrons. The van der Waals surface area contributed by atoms with Crippen LogP contribution in [0.5, 0.6) is 0 Å². The van der Waals surface area contributed by atoms with Crippen molar-refractivity contribution >= 4 is 56.2 Å². The number of thioether (sulfide) groups is 1. The fourth-order valence-corrected chi connectivity index (χ4v) is 4.41. The van der Waals surface area contributed by atoms with E-state index < -0.39 is 0 Å². The standard InChI is InChI=1S/C20H16N4OS2/c1-3-11-24-18(25)17(27-20(24)21-19-23-22-13(2)26-19)12-15-9-6-8-14-7-4-5-10-16(14)15/h3-10,12H,1,11H2,2H3/b17-12-,21-20+. The molecule has 1 aliphatic heterocycles. The summed E-state index contributed by atoms with van der Waals surface area (Å²) in [5, 5.41) is 12.3. The molecule has 0 unspecified atom stereocenters. The number of aryl methyl sites for hydroxylation is 1. The molecule has 0 atom stereocenters. The molecule has 0 N–H and O–H groups in total. The maximum atomic E-state index is 12.9. The summed E-state index contributed by atoms with van der Waals surface area (Å²) in [6.07, 6.45) is 3.62. The number of carbonyl (C=O) groups excluding carboxylic acids is 1. The lowest BCUT2D eigenvalue weighted by atomic mass is 10.0. The molecule has 134 valence electrons. The minimum Gasteiger partial charge on any atom is -0.282 e. The van der Waals surface area contributed by atoms with Gasteiger partial charge < -0.3 is 0 Å². The molecule has 0 saturated carbocycles. The van der Waals surface area contributed by atoms with E-state index in [1.165, 1.54) is 23.1 Å². The van der Waals surface area contributed by atoms with Gasteiger partial charge in [-0.05, 0) is 41.1 Å². The molecule has 1 aromatic heterocycles. The highest BCUT2D eigenvalue weighted by molar-refractivity contribution is 8.18. The Kier molecular flexibility index (Phi) is 4.87. The van der Waals surface area contributed by atoms with Crippen molar-refractivity contribution in [1.82, 2.24) is 15.1 Å². The second-order valence-electron chi connectivity index (χ2n) is 5.88. The van der Waals surface area contributed by atoms with E-state index in [1.54, 1.807) is 11.0 Å². The lowest BCUT2D eigenvalue weighted by molar-refractivity contribution is -0.121. The highest BCUT2D eigenvalue weighted by atomic mass is 32.2. The van der Waals surface area contributed by atoms with Crippen molar-refractivity contribution in [3.8, 4) is 0 Å². The lowest BCUT2D eigenvalue weighted by Crippen LogP contribution is -2.29. The average molecular weight is 393 g/mol. The number of amidine groups is 1. The normalized spacial score (nSPS) is 17.4. The first-order valence-corrected chi connectivity index (χ1v) is 9.98. The molecule has 4 rings (SSSR count). The number of carbonyl (C=O) groups is 1. The Balaban J connectivity index is 1.75. The van der Waals surface area contributed by atoms with Gasteiger partial charge in [-0.1, -0.05) is 59.9 Å². The number of aliphatic imine (C=N–C) groups is 1. The van der Waals surface area contributed by atoms with E-state index in [0.717, 1.165) is 21.3 Å². The summed E-state index contributed by atoms with van der Waals surface area (Å²) in [4.78, 5) is 19.7. The van der Waals surface area contributed by atoms with Crippen molar-refractivity contribution < 1.29 is 4.79 Å². The van der Waals surface area contributed by atoms with Crippen molar-refractivity contribution in [3.05, 3.63) is 70.6 Å². The average Bonchev–Trinajstić information content (AvgIpc) is 3.21. The molecule has 1 saturated heterocycles. The number of rotatable bonds is 4. The molecule has 7 heteroatoms. The molecule has 0 spiro atoms. The Morgan fingerprint density at radius 2 is 2.00 bits per heavy atom. The maximum Gasteiger partial charge on any atom is 0.267 e. The van der Waals surface area contributed by atoms with Crippen LogP contribution >= 0.6 is 23.1 Å². The van der Waals surface area contributed by atoms with E-state index in [2.05, 4.69) is 40.0 Å². The Bertz CT molecular complexity index is 1090. The summed E-state index contributed by atoms with van der Waals surface area (Å²) in [6.45, 7) is 6.03. The van der Waals surface area contributed by atoms with Crippen molar-refractivity contribution in [1.29, 1.82) is 0 Å². The topological polar surface area (TPSA) is 58.5 Å². The molecule has 3 aromatic rings. The zero-order chi connectivity index (χ0) is 18.8. The summed E-state index contributed by atoms with van der Waals surface area (Å²) in [5.41, 5.74) is 1.01. The van der Waals surface area contributed by atoms with Gasteiger partial charge >= 0.3 is 0 Å². The summed E-state index contributed by atoms with van der Waals surface area (Å²) < 4.78 is 0. The third-order valence-electron chi connectivity index (χ3n) is 4.02. The summed E-state index contributed by atoms with van der Waals surface area (Å²) >= 11 is 2.75. The van der Waals surface area contributed by atoms with Crippen LogP contribution in [0.15, 0.2) is 65.0 Å². The van der Waals surface area contributed by atoms with Crippen LogP contribution in [-0.4, -0.2) is 32.7 Å². The van der Waals surface area contributed by atoms with E-state index in [0.29, 0.717) is 21.7 Å². The van der Waals surface area contributed by atoms with Crippen LogP contribution in [-0.2, 0) is 4.79 Å². The van der Waals surface area contributed by atoms with Gasteiger partial charge in [0.2, 0.25) is 5.13 Å². The van der Waals surface area contributed by atoms with E-state index in [-0.39, 0.29) is 5.91 Å². The zero-order valence-corrected chi connectivity index (χ0v) is 16.3. The van der Waals surface area contributed by atoms with Crippen molar-refractivity contribution in [2.45, 2.75) is 6.92 Å². The van der Waals surface area contributed by atoms with Gasteiger partial charge in [0.15, 0.2) is 5.17 Å². The number of fused-ring (bicyclic) bond motifs is 1. The highest BCUT2D eigenvalue weighted by Crippen LogP contribution is 2.35. The van der Waals surface area contributed by atoms with Crippen LogP contribution in [0.25, 0.3) is 16.8 Å².